The Balaban J connectivity index is 2.12. The molecule has 1 aromatic rings. The molecule has 0 saturated carbocycles. The topological polar surface area (TPSA) is 24.5 Å². The fraction of sp³-hybridized carbons (Fsp3) is 0.647. The van der Waals surface area contributed by atoms with E-state index in [0.29, 0.717) is 12.1 Å². The third-order valence-corrected chi connectivity index (χ3v) is 4.10. The molecular formula is C17H28N2O. The number of nitrogens with zero attached hydrogens (tertiary/aromatic N) is 1. The van der Waals surface area contributed by atoms with E-state index in [1.54, 1.807) is 0 Å². The lowest BCUT2D eigenvalue weighted by molar-refractivity contribution is 0.239. The molecule has 3 nitrogen and oxygen atoms in total. The molecule has 0 radical (unpaired) electrons. The van der Waals surface area contributed by atoms with Crippen molar-refractivity contribution in [1.29, 1.82) is 0 Å². The zero-order chi connectivity index (χ0) is 14.8. The van der Waals surface area contributed by atoms with E-state index < -0.39 is 0 Å². The number of anilines is 1. The zero-order valence-corrected chi connectivity index (χ0v) is 13.4. The molecule has 2 rings (SSSR count). The van der Waals surface area contributed by atoms with Gasteiger partial charge < -0.3 is 15.0 Å². The molecule has 1 saturated heterocycles. The van der Waals surface area contributed by atoms with Gasteiger partial charge in [0.05, 0.1) is 6.61 Å². The van der Waals surface area contributed by atoms with Gasteiger partial charge in [0.1, 0.15) is 5.75 Å². The summed E-state index contributed by atoms with van der Waals surface area (Å²) in [5, 5.41) is 3.67. The van der Waals surface area contributed by atoms with E-state index in [0.717, 1.165) is 25.4 Å². The van der Waals surface area contributed by atoms with Crippen molar-refractivity contribution >= 4 is 5.69 Å². The molecule has 1 heterocycles. The number of rotatable bonds is 3. The number of nitrogens with one attached hydrogen (secondary N) is 1. The Kier molecular flexibility index (Phi) is 4.59. The number of benzene rings is 1. The maximum Gasteiger partial charge on any atom is 0.119 e. The van der Waals surface area contributed by atoms with Crippen molar-refractivity contribution < 1.29 is 4.74 Å². The van der Waals surface area contributed by atoms with Crippen LogP contribution >= 0.6 is 0 Å². The SMILES string of the molecule is CCOc1ccc(N2CC(C(C)(C)C)NCC2C)cc1. The first kappa shape index (κ1) is 15.2. The molecule has 2 atom stereocenters. The van der Waals surface area contributed by atoms with Gasteiger partial charge in [-0.15, -0.1) is 0 Å². The van der Waals surface area contributed by atoms with Crippen LogP contribution in [0, 0.1) is 5.41 Å². The van der Waals surface area contributed by atoms with Crippen LogP contribution in [0.4, 0.5) is 5.69 Å². The van der Waals surface area contributed by atoms with Gasteiger partial charge in [0.2, 0.25) is 0 Å². The lowest BCUT2D eigenvalue weighted by atomic mass is 9.84. The van der Waals surface area contributed by atoms with Crippen LogP contribution in [0.3, 0.4) is 0 Å². The predicted octanol–water partition coefficient (Wildman–Crippen LogP) is 3.30. The van der Waals surface area contributed by atoms with E-state index in [1.165, 1.54) is 5.69 Å². The van der Waals surface area contributed by atoms with Crippen molar-refractivity contribution in [2.24, 2.45) is 5.41 Å². The highest BCUT2D eigenvalue weighted by Gasteiger charge is 2.32. The molecule has 0 bridgehead atoms. The molecule has 1 aliphatic rings. The zero-order valence-electron chi connectivity index (χ0n) is 13.4. The first-order chi connectivity index (χ1) is 9.41. The van der Waals surface area contributed by atoms with Gasteiger partial charge >= 0.3 is 0 Å². The van der Waals surface area contributed by atoms with Gasteiger partial charge in [0, 0.05) is 30.9 Å². The smallest absolute Gasteiger partial charge is 0.119 e. The Morgan fingerprint density at radius 1 is 1.25 bits per heavy atom. The second-order valence-electron chi connectivity index (χ2n) is 6.76. The van der Waals surface area contributed by atoms with Crippen molar-refractivity contribution in [3.8, 4) is 5.75 Å². The molecule has 112 valence electrons. The van der Waals surface area contributed by atoms with Gasteiger partial charge in [-0.05, 0) is 43.5 Å². The largest absolute Gasteiger partial charge is 0.494 e. The monoisotopic (exact) mass is 276 g/mol. The van der Waals surface area contributed by atoms with Crippen molar-refractivity contribution in [2.75, 3.05) is 24.6 Å². The van der Waals surface area contributed by atoms with Crippen LogP contribution in [-0.2, 0) is 0 Å². The minimum absolute atomic E-state index is 0.281. The van der Waals surface area contributed by atoms with E-state index in [4.69, 9.17) is 4.74 Å². The van der Waals surface area contributed by atoms with Crippen LogP contribution < -0.4 is 15.0 Å². The quantitative estimate of drug-likeness (QED) is 0.917. The Morgan fingerprint density at radius 3 is 2.45 bits per heavy atom. The standard InChI is InChI=1S/C17H28N2O/c1-6-20-15-9-7-14(8-10-15)19-12-16(17(3,4)5)18-11-13(19)2/h7-10,13,16,18H,6,11-12H2,1-5H3. The van der Waals surface area contributed by atoms with Gasteiger partial charge in [-0.25, -0.2) is 0 Å². The first-order valence-corrected chi connectivity index (χ1v) is 7.64. The van der Waals surface area contributed by atoms with Crippen LogP contribution in [0.25, 0.3) is 0 Å². The maximum absolute atomic E-state index is 5.52. The van der Waals surface area contributed by atoms with Crippen LogP contribution in [0.5, 0.6) is 5.75 Å². The molecule has 1 aliphatic heterocycles. The third kappa shape index (κ3) is 3.45. The Morgan fingerprint density at radius 2 is 1.90 bits per heavy atom. The summed E-state index contributed by atoms with van der Waals surface area (Å²) in [7, 11) is 0. The van der Waals surface area contributed by atoms with Gasteiger partial charge in [0.25, 0.3) is 0 Å². The van der Waals surface area contributed by atoms with Crippen LogP contribution in [0.2, 0.25) is 0 Å². The Bertz CT molecular complexity index is 422. The third-order valence-electron chi connectivity index (χ3n) is 4.10. The Labute approximate surface area is 123 Å². The minimum atomic E-state index is 0.281. The van der Waals surface area contributed by atoms with Gasteiger partial charge in [0.15, 0.2) is 0 Å². The van der Waals surface area contributed by atoms with E-state index >= 15 is 0 Å². The lowest BCUT2D eigenvalue weighted by Gasteiger charge is -2.45. The summed E-state index contributed by atoms with van der Waals surface area (Å²) in [6, 6.07) is 9.52. The number of piperazine rings is 1. The highest BCUT2D eigenvalue weighted by atomic mass is 16.5. The van der Waals surface area contributed by atoms with Gasteiger partial charge in [-0.1, -0.05) is 20.8 Å². The molecule has 0 amide bonds. The summed E-state index contributed by atoms with van der Waals surface area (Å²) < 4.78 is 5.52. The highest BCUT2D eigenvalue weighted by Crippen LogP contribution is 2.28. The molecule has 1 N–H and O–H groups in total. The first-order valence-electron chi connectivity index (χ1n) is 7.64. The van der Waals surface area contributed by atoms with Crippen LogP contribution in [-0.4, -0.2) is 31.8 Å². The molecule has 2 unspecified atom stereocenters. The second kappa shape index (κ2) is 6.04. The summed E-state index contributed by atoms with van der Waals surface area (Å²) in [4.78, 5) is 2.50. The second-order valence-corrected chi connectivity index (χ2v) is 6.76. The molecule has 0 aromatic heterocycles. The highest BCUT2D eigenvalue weighted by molar-refractivity contribution is 5.50. The number of hydrogen-bond acceptors (Lipinski definition) is 3. The summed E-state index contributed by atoms with van der Waals surface area (Å²) in [5.41, 5.74) is 1.57. The van der Waals surface area contributed by atoms with Crippen LogP contribution in [0.15, 0.2) is 24.3 Å². The molecule has 1 aromatic carbocycles. The van der Waals surface area contributed by atoms with Crippen molar-refractivity contribution in [3.05, 3.63) is 24.3 Å². The molecule has 20 heavy (non-hydrogen) atoms. The average molecular weight is 276 g/mol. The molecule has 3 heteroatoms. The lowest BCUT2D eigenvalue weighted by Crippen LogP contribution is -2.59. The molecule has 1 fully saturated rings. The molecular weight excluding hydrogens is 248 g/mol. The molecule has 0 spiro atoms. The fourth-order valence-electron chi connectivity index (χ4n) is 2.70. The number of ether oxygens (including phenoxy) is 1. The van der Waals surface area contributed by atoms with Crippen molar-refractivity contribution in [1.82, 2.24) is 5.32 Å². The summed E-state index contributed by atoms with van der Waals surface area (Å²) in [5.74, 6) is 0.950. The van der Waals surface area contributed by atoms with E-state index in [-0.39, 0.29) is 5.41 Å². The fourth-order valence-corrected chi connectivity index (χ4v) is 2.70. The van der Waals surface area contributed by atoms with Gasteiger partial charge in [-0.3, -0.25) is 0 Å². The predicted molar refractivity (Wildman–Crippen MR) is 85.7 cm³/mol. The normalized spacial score (nSPS) is 23.8. The number of hydrogen-bond donors (Lipinski definition) is 1. The minimum Gasteiger partial charge on any atom is -0.494 e. The summed E-state index contributed by atoms with van der Waals surface area (Å²) in [6.45, 7) is 14.0. The summed E-state index contributed by atoms with van der Waals surface area (Å²) >= 11 is 0. The van der Waals surface area contributed by atoms with E-state index in [2.05, 4.69) is 62.2 Å². The molecule has 0 aliphatic carbocycles. The Hall–Kier alpha value is -1.22. The van der Waals surface area contributed by atoms with Crippen LogP contribution in [0.1, 0.15) is 34.6 Å². The van der Waals surface area contributed by atoms with Crippen molar-refractivity contribution in [3.63, 3.8) is 0 Å². The van der Waals surface area contributed by atoms with E-state index in [1.807, 2.05) is 6.92 Å². The van der Waals surface area contributed by atoms with Gasteiger partial charge in [-0.2, -0.15) is 0 Å². The summed E-state index contributed by atoms with van der Waals surface area (Å²) in [6.07, 6.45) is 0. The van der Waals surface area contributed by atoms with E-state index in [9.17, 15) is 0 Å². The van der Waals surface area contributed by atoms with Crippen molar-refractivity contribution in [2.45, 2.75) is 46.7 Å². The maximum atomic E-state index is 5.52. The average Bonchev–Trinajstić information content (AvgIpc) is 2.39.